The number of hydrogen-bond donors (Lipinski definition) is 3. The molecular weight excluding hydrogens is 228 g/mol. The van der Waals surface area contributed by atoms with Crippen LogP contribution in [0.2, 0.25) is 0 Å². The molecule has 16 heavy (non-hydrogen) atoms. The lowest BCUT2D eigenvalue weighted by Gasteiger charge is -2.03. The molecule has 4 N–H and O–H groups in total. The standard InChI is InChI=1S/C9H12N4O2S/c1-11-9(15)13-8(14)5-16-6-2-3-7(10)12-4-6/h2-4H,5H2,1H3,(H2,10,12)(H2,11,13,14,15). The monoisotopic (exact) mass is 240 g/mol. The van der Waals surface area contributed by atoms with Crippen LogP contribution in [0.4, 0.5) is 10.6 Å². The Labute approximate surface area is 97.0 Å². The van der Waals surface area contributed by atoms with E-state index in [0.717, 1.165) is 4.90 Å². The second-order valence-corrected chi connectivity index (χ2v) is 3.88. The topological polar surface area (TPSA) is 97.1 Å². The number of urea groups is 1. The number of anilines is 1. The molecule has 0 aliphatic rings. The van der Waals surface area contributed by atoms with E-state index >= 15 is 0 Å². The summed E-state index contributed by atoms with van der Waals surface area (Å²) in [4.78, 5) is 26.7. The van der Waals surface area contributed by atoms with Crippen molar-refractivity contribution in [1.29, 1.82) is 0 Å². The molecule has 0 aliphatic heterocycles. The zero-order valence-corrected chi connectivity index (χ0v) is 9.50. The molecule has 0 spiro atoms. The third-order valence-corrected chi connectivity index (χ3v) is 2.59. The molecule has 1 aromatic heterocycles. The molecule has 3 amide bonds. The number of carbonyl (C=O) groups is 2. The average Bonchev–Trinajstić information content (AvgIpc) is 2.28. The van der Waals surface area contributed by atoms with Crippen molar-refractivity contribution in [1.82, 2.24) is 15.6 Å². The number of nitrogens with zero attached hydrogens (tertiary/aromatic N) is 1. The molecule has 0 fully saturated rings. The van der Waals surface area contributed by atoms with Gasteiger partial charge in [-0.3, -0.25) is 10.1 Å². The number of aromatic nitrogens is 1. The van der Waals surface area contributed by atoms with Crippen LogP contribution in [0, 0.1) is 0 Å². The average molecular weight is 240 g/mol. The number of hydrogen-bond acceptors (Lipinski definition) is 5. The highest BCUT2D eigenvalue weighted by Gasteiger charge is 2.06. The minimum atomic E-state index is -0.513. The van der Waals surface area contributed by atoms with E-state index in [2.05, 4.69) is 15.6 Å². The number of carbonyl (C=O) groups excluding carboxylic acids is 2. The van der Waals surface area contributed by atoms with Gasteiger partial charge in [-0.2, -0.15) is 0 Å². The lowest BCUT2D eigenvalue weighted by Crippen LogP contribution is -2.38. The van der Waals surface area contributed by atoms with Crippen molar-refractivity contribution in [3.8, 4) is 0 Å². The first-order chi connectivity index (χ1) is 7.61. The first-order valence-electron chi connectivity index (χ1n) is 4.47. The smallest absolute Gasteiger partial charge is 0.321 e. The fourth-order valence-electron chi connectivity index (χ4n) is 0.851. The third-order valence-electron chi connectivity index (χ3n) is 1.61. The Morgan fingerprint density at radius 2 is 2.25 bits per heavy atom. The quantitative estimate of drug-likeness (QED) is 0.656. The maximum atomic E-state index is 11.2. The van der Waals surface area contributed by atoms with Crippen molar-refractivity contribution in [2.75, 3.05) is 18.5 Å². The molecule has 86 valence electrons. The molecule has 7 heteroatoms. The minimum Gasteiger partial charge on any atom is -0.384 e. The molecule has 0 atom stereocenters. The van der Waals surface area contributed by atoms with E-state index in [-0.39, 0.29) is 11.7 Å². The van der Waals surface area contributed by atoms with Crippen molar-refractivity contribution in [2.45, 2.75) is 4.90 Å². The van der Waals surface area contributed by atoms with E-state index in [1.165, 1.54) is 18.8 Å². The second-order valence-electron chi connectivity index (χ2n) is 2.83. The zero-order valence-electron chi connectivity index (χ0n) is 8.69. The Morgan fingerprint density at radius 1 is 1.50 bits per heavy atom. The maximum absolute atomic E-state index is 11.2. The molecule has 1 aromatic rings. The van der Waals surface area contributed by atoms with Crippen molar-refractivity contribution >= 4 is 29.5 Å². The van der Waals surface area contributed by atoms with Crippen LogP contribution in [0.1, 0.15) is 0 Å². The van der Waals surface area contributed by atoms with E-state index in [1.54, 1.807) is 18.3 Å². The molecule has 0 unspecified atom stereocenters. The van der Waals surface area contributed by atoms with Crippen LogP contribution in [0.25, 0.3) is 0 Å². The van der Waals surface area contributed by atoms with Crippen molar-refractivity contribution < 1.29 is 9.59 Å². The number of nitrogen functional groups attached to an aromatic ring is 1. The zero-order chi connectivity index (χ0) is 12.0. The highest BCUT2D eigenvalue weighted by Crippen LogP contribution is 2.16. The normalized spacial score (nSPS) is 9.56. The number of rotatable bonds is 3. The first kappa shape index (κ1) is 12.3. The van der Waals surface area contributed by atoms with Crippen LogP contribution in [0.5, 0.6) is 0 Å². The Hall–Kier alpha value is -1.76. The summed E-state index contributed by atoms with van der Waals surface area (Å²) >= 11 is 1.28. The first-order valence-corrected chi connectivity index (χ1v) is 5.46. The van der Waals surface area contributed by atoms with Gasteiger partial charge < -0.3 is 11.1 Å². The summed E-state index contributed by atoms with van der Waals surface area (Å²) in [7, 11) is 1.44. The minimum absolute atomic E-state index is 0.152. The van der Waals surface area contributed by atoms with Crippen LogP contribution < -0.4 is 16.4 Å². The molecule has 0 saturated carbocycles. The lowest BCUT2D eigenvalue weighted by molar-refractivity contribution is -0.117. The van der Waals surface area contributed by atoms with E-state index in [4.69, 9.17) is 5.73 Å². The number of amides is 3. The summed E-state index contributed by atoms with van der Waals surface area (Å²) in [5, 5.41) is 4.45. The van der Waals surface area contributed by atoms with E-state index in [0.29, 0.717) is 5.82 Å². The summed E-state index contributed by atoms with van der Waals surface area (Å²) in [6, 6.07) is 2.90. The number of nitrogens with one attached hydrogen (secondary N) is 2. The van der Waals surface area contributed by atoms with Gasteiger partial charge in [0.15, 0.2) is 0 Å². The molecule has 1 rings (SSSR count). The van der Waals surface area contributed by atoms with E-state index < -0.39 is 6.03 Å². The largest absolute Gasteiger partial charge is 0.384 e. The van der Waals surface area contributed by atoms with Crippen LogP contribution >= 0.6 is 11.8 Å². The van der Waals surface area contributed by atoms with Gasteiger partial charge in [-0.05, 0) is 12.1 Å². The van der Waals surface area contributed by atoms with Gasteiger partial charge in [0.2, 0.25) is 5.91 Å². The summed E-state index contributed by atoms with van der Waals surface area (Å²) in [5.41, 5.74) is 5.41. The molecular formula is C9H12N4O2S. The Balaban J connectivity index is 2.37. The van der Waals surface area contributed by atoms with Crippen LogP contribution in [0.3, 0.4) is 0 Å². The number of imide groups is 1. The van der Waals surface area contributed by atoms with E-state index in [9.17, 15) is 9.59 Å². The highest BCUT2D eigenvalue weighted by molar-refractivity contribution is 8.00. The summed E-state index contributed by atoms with van der Waals surface area (Å²) in [5.74, 6) is 0.222. The van der Waals surface area contributed by atoms with Crippen LogP contribution in [-0.4, -0.2) is 29.7 Å². The summed E-state index contributed by atoms with van der Waals surface area (Å²) in [6.07, 6.45) is 1.58. The predicted octanol–water partition coefficient (Wildman–Crippen LogP) is 0.211. The van der Waals surface area contributed by atoms with Crippen molar-refractivity contribution in [2.24, 2.45) is 0 Å². The number of nitrogens with two attached hydrogens (primary N) is 1. The van der Waals surface area contributed by atoms with Crippen molar-refractivity contribution in [3.63, 3.8) is 0 Å². The van der Waals surface area contributed by atoms with Gasteiger partial charge in [-0.1, -0.05) is 0 Å². The van der Waals surface area contributed by atoms with Gasteiger partial charge in [0.05, 0.1) is 5.75 Å². The molecule has 0 saturated heterocycles. The third kappa shape index (κ3) is 4.18. The molecule has 1 heterocycles. The molecule has 6 nitrogen and oxygen atoms in total. The molecule has 0 bridgehead atoms. The molecule has 0 radical (unpaired) electrons. The second kappa shape index (κ2) is 5.96. The summed E-state index contributed by atoms with van der Waals surface area (Å²) < 4.78 is 0. The van der Waals surface area contributed by atoms with Gasteiger partial charge in [-0.15, -0.1) is 11.8 Å². The van der Waals surface area contributed by atoms with Crippen LogP contribution in [-0.2, 0) is 4.79 Å². The highest BCUT2D eigenvalue weighted by atomic mass is 32.2. The Kier molecular flexibility index (Phi) is 4.59. The van der Waals surface area contributed by atoms with E-state index in [1.807, 2.05) is 0 Å². The SMILES string of the molecule is CNC(=O)NC(=O)CSc1ccc(N)nc1. The molecule has 0 aliphatic carbocycles. The van der Waals surface area contributed by atoms with Gasteiger partial charge in [-0.25, -0.2) is 9.78 Å². The maximum Gasteiger partial charge on any atom is 0.321 e. The molecule has 0 aromatic carbocycles. The Bertz CT molecular complexity index is 380. The summed E-state index contributed by atoms with van der Waals surface area (Å²) in [6.45, 7) is 0. The number of thioether (sulfide) groups is 1. The number of pyridine rings is 1. The van der Waals surface area contributed by atoms with Gasteiger partial charge in [0.1, 0.15) is 5.82 Å². The van der Waals surface area contributed by atoms with Crippen LogP contribution in [0.15, 0.2) is 23.2 Å². The fraction of sp³-hybridized carbons (Fsp3) is 0.222. The lowest BCUT2D eigenvalue weighted by atomic mass is 10.5. The predicted molar refractivity (Wildman–Crippen MR) is 62.0 cm³/mol. The fourth-order valence-corrected chi connectivity index (χ4v) is 1.51. The van der Waals surface area contributed by atoms with Gasteiger partial charge in [0.25, 0.3) is 0 Å². The van der Waals surface area contributed by atoms with Crippen molar-refractivity contribution in [3.05, 3.63) is 18.3 Å². The Morgan fingerprint density at radius 3 is 2.81 bits per heavy atom. The van der Waals surface area contributed by atoms with Gasteiger partial charge in [0, 0.05) is 18.1 Å². The van der Waals surface area contributed by atoms with Gasteiger partial charge >= 0.3 is 6.03 Å².